The molecule has 6 nitrogen and oxygen atoms in total. The second kappa shape index (κ2) is 54.4. The third kappa shape index (κ3) is 53.4. The fourth-order valence-electron chi connectivity index (χ4n) is 9.28. The van der Waals surface area contributed by atoms with E-state index >= 15 is 0 Å². The maximum atomic E-state index is 12.8. The van der Waals surface area contributed by atoms with E-state index in [0.717, 1.165) is 63.7 Å². The summed E-state index contributed by atoms with van der Waals surface area (Å²) in [6.07, 6.45) is 59.5. The Kier molecular flexibility index (Phi) is 53.0. The summed E-state index contributed by atoms with van der Waals surface area (Å²) in [5, 5.41) is 0. The molecular formula is C60H116O6. The maximum Gasteiger partial charge on any atom is 0.306 e. The Morgan fingerprint density at radius 2 is 0.500 bits per heavy atom. The summed E-state index contributed by atoms with van der Waals surface area (Å²) in [6.45, 7) is 9.07. The molecule has 392 valence electrons. The second-order valence-electron chi connectivity index (χ2n) is 21.1. The highest BCUT2D eigenvalue weighted by Gasteiger charge is 2.19. The molecule has 0 aliphatic rings. The lowest BCUT2D eigenvalue weighted by atomic mass is 10.0. The van der Waals surface area contributed by atoms with Gasteiger partial charge in [-0.15, -0.1) is 0 Å². The van der Waals surface area contributed by atoms with Crippen molar-refractivity contribution in [3.05, 3.63) is 0 Å². The van der Waals surface area contributed by atoms with Crippen LogP contribution in [0.2, 0.25) is 0 Å². The van der Waals surface area contributed by atoms with Crippen LogP contribution in [0.1, 0.15) is 342 Å². The van der Waals surface area contributed by atoms with E-state index in [1.165, 1.54) is 238 Å². The van der Waals surface area contributed by atoms with E-state index in [9.17, 15) is 14.4 Å². The summed E-state index contributed by atoms with van der Waals surface area (Å²) in [6, 6.07) is 0. The molecule has 0 aromatic rings. The Morgan fingerprint density at radius 3 is 0.742 bits per heavy atom. The number of hydrogen-bond donors (Lipinski definition) is 0. The van der Waals surface area contributed by atoms with Crippen LogP contribution >= 0.6 is 0 Å². The van der Waals surface area contributed by atoms with Crippen LogP contribution in [-0.2, 0) is 28.6 Å². The molecule has 66 heavy (non-hydrogen) atoms. The maximum absolute atomic E-state index is 12.8. The lowest BCUT2D eigenvalue weighted by Crippen LogP contribution is -2.30. The fourth-order valence-corrected chi connectivity index (χ4v) is 9.28. The first-order valence-corrected chi connectivity index (χ1v) is 29.9. The third-order valence-corrected chi connectivity index (χ3v) is 13.8. The molecular weight excluding hydrogens is 817 g/mol. The Labute approximate surface area is 412 Å². The van der Waals surface area contributed by atoms with E-state index in [2.05, 4.69) is 27.7 Å². The van der Waals surface area contributed by atoms with Crippen LogP contribution in [0.25, 0.3) is 0 Å². The lowest BCUT2D eigenvalue weighted by Gasteiger charge is -2.18. The smallest absolute Gasteiger partial charge is 0.306 e. The fraction of sp³-hybridized carbons (Fsp3) is 0.950. The van der Waals surface area contributed by atoms with Crippen LogP contribution in [0.15, 0.2) is 0 Å². The number of carbonyl (C=O) groups is 3. The van der Waals surface area contributed by atoms with Crippen molar-refractivity contribution in [2.24, 2.45) is 5.92 Å². The van der Waals surface area contributed by atoms with Gasteiger partial charge in [-0.3, -0.25) is 14.4 Å². The number of rotatable bonds is 55. The molecule has 0 radical (unpaired) electrons. The molecule has 0 aromatic heterocycles. The SMILES string of the molecule is CCCCCCCCCCCCCCCCCCCCCC(=O)OC[C@H](COC(=O)CCCCCCCCCCCCCCCC(C)C)OC(=O)CCCCCCCCCCCCCCC. The van der Waals surface area contributed by atoms with Crippen molar-refractivity contribution in [3.63, 3.8) is 0 Å². The highest BCUT2D eigenvalue weighted by molar-refractivity contribution is 5.71. The molecule has 0 heterocycles. The Morgan fingerprint density at radius 1 is 0.288 bits per heavy atom. The van der Waals surface area contributed by atoms with Gasteiger partial charge in [-0.2, -0.15) is 0 Å². The Hall–Kier alpha value is -1.59. The van der Waals surface area contributed by atoms with Gasteiger partial charge in [0.1, 0.15) is 13.2 Å². The monoisotopic (exact) mass is 933 g/mol. The molecule has 0 bridgehead atoms. The molecule has 0 saturated carbocycles. The van der Waals surface area contributed by atoms with Gasteiger partial charge >= 0.3 is 17.9 Å². The van der Waals surface area contributed by atoms with E-state index in [-0.39, 0.29) is 31.1 Å². The van der Waals surface area contributed by atoms with Gasteiger partial charge in [0.2, 0.25) is 0 Å². The molecule has 0 aliphatic heterocycles. The largest absolute Gasteiger partial charge is 0.462 e. The van der Waals surface area contributed by atoms with Crippen molar-refractivity contribution in [1.82, 2.24) is 0 Å². The topological polar surface area (TPSA) is 78.9 Å². The minimum absolute atomic E-state index is 0.0616. The molecule has 1 atom stereocenters. The highest BCUT2D eigenvalue weighted by atomic mass is 16.6. The van der Waals surface area contributed by atoms with Crippen LogP contribution in [-0.4, -0.2) is 37.2 Å². The third-order valence-electron chi connectivity index (χ3n) is 13.8. The Balaban J connectivity index is 4.26. The minimum Gasteiger partial charge on any atom is -0.462 e. The van der Waals surface area contributed by atoms with Crippen molar-refractivity contribution in [2.45, 2.75) is 348 Å². The molecule has 0 spiro atoms. The van der Waals surface area contributed by atoms with E-state index in [1.807, 2.05) is 0 Å². The minimum atomic E-state index is -0.762. The van der Waals surface area contributed by atoms with Gasteiger partial charge in [0, 0.05) is 19.3 Å². The number of esters is 3. The van der Waals surface area contributed by atoms with E-state index in [0.29, 0.717) is 19.3 Å². The van der Waals surface area contributed by atoms with Crippen LogP contribution in [0.5, 0.6) is 0 Å². The zero-order valence-electron chi connectivity index (χ0n) is 45.2. The van der Waals surface area contributed by atoms with E-state index in [4.69, 9.17) is 14.2 Å². The van der Waals surface area contributed by atoms with Crippen molar-refractivity contribution >= 4 is 17.9 Å². The van der Waals surface area contributed by atoms with E-state index in [1.54, 1.807) is 0 Å². The molecule has 0 N–H and O–H groups in total. The second-order valence-corrected chi connectivity index (χ2v) is 21.1. The number of unbranched alkanes of at least 4 members (excludes halogenated alkanes) is 42. The van der Waals surface area contributed by atoms with Crippen LogP contribution < -0.4 is 0 Å². The van der Waals surface area contributed by atoms with Crippen molar-refractivity contribution in [2.75, 3.05) is 13.2 Å². The first-order valence-electron chi connectivity index (χ1n) is 29.9. The molecule has 6 heteroatoms. The molecule has 0 aliphatic carbocycles. The molecule has 0 aromatic carbocycles. The standard InChI is InChI=1S/C60H116O6/c1-5-7-9-11-13-15-17-19-20-21-22-23-24-28-31-35-39-43-47-51-58(61)64-54-57(66-60(63)53-49-45-41-37-33-26-18-16-14-12-10-8-6-2)55-65-59(62)52-48-44-40-36-32-29-25-27-30-34-38-42-46-50-56(3)4/h56-57H,5-55H2,1-4H3/t57-/m1/s1. The van der Waals surface area contributed by atoms with Gasteiger partial charge in [-0.1, -0.05) is 304 Å². The zero-order chi connectivity index (χ0) is 48.1. The van der Waals surface area contributed by atoms with Crippen molar-refractivity contribution in [1.29, 1.82) is 0 Å². The van der Waals surface area contributed by atoms with Crippen LogP contribution in [0.3, 0.4) is 0 Å². The van der Waals surface area contributed by atoms with E-state index < -0.39 is 6.10 Å². The van der Waals surface area contributed by atoms with Crippen LogP contribution in [0.4, 0.5) is 0 Å². The Bertz CT molecular complexity index is 996. The first kappa shape index (κ1) is 64.4. The molecule has 0 unspecified atom stereocenters. The summed E-state index contributed by atoms with van der Waals surface area (Å²) in [4.78, 5) is 38.2. The molecule has 0 saturated heterocycles. The van der Waals surface area contributed by atoms with Gasteiger partial charge in [-0.05, 0) is 25.2 Å². The molecule has 0 amide bonds. The van der Waals surface area contributed by atoms with Gasteiger partial charge in [0.15, 0.2) is 6.10 Å². The molecule has 0 fully saturated rings. The number of carbonyl (C=O) groups excluding carboxylic acids is 3. The van der Waals surface area contributed by atoms with Gasteiger partial charge < -0.3 is 14.2 Å². The lowest BCUT2D eigenvalue weighted by molar-refractivity contribution is -0.167. The summed E-state index contributed by atoms with van der Waals surface area (Å²) < 4.78 is 16.9. The summed E-state index contributed by atoms with van der Waals surface area (Å²) in [7, 11) is 0. The van der Waals surface area contributed by atoms with Gasteiger partial charge in [0.05, 0.1) is 0 Å². The number of hydrogen-bond acceptors (Lipinski definition) is 6. The van der Waals surface area contributed by atoms with Gasteiger partial charge in [0.25, 0.3) is 0 Å². The summed E-state index contributed by atoms with van der Waals surface area (Å²) in [5.74, 6) is 0.00639. The average Bonchev–Trinajstić information content (AvgIpc) is 3.30. The van der Waals surface area contributed by atoms with Crippen molar-refractivity contribution < 1.29 is 28.6 Å². The first-order chi connectivity index (χ1) is 32.4. The van der Waals surface area contributed by atoms with Gasteiger partial charge in [-0.25, -0.2) is 0 Å². The predicted molar refractivity (Wildman–Crippen MR) is 284 cm³/mol. The number of ether oxygens (including phenoxy) is 3. The normalized spacial score (nSPS) is 12.0. The molecule has 0 rings (SSSR count). The predicted octanol–water partition coefficient (Wildman–Crippen LogP) is 19.8. The van der Waals surface area contributed by atoms with Crippen LogP contribution in [0, 0.1) is 5.92 Å². The van der Waals surface area contributed by atoms with Crippen molar-refractivity contribution in [3.8, 4) is 0 Å². The summed E-state index contributed by atoms with van der Waals surface area (Å²) in [5.41, 5.74) is 0. The quantitative estimate of drug-likeness (QED) is 0.0343. The average molecular weight is 934 g/mol. The highest BCUT2D eigenvalue weighted by Crippen LogP contribution is 2.18. The summed E-state index contributed by atoms with van der Waals surface area (Å²) >= 11 is 0. The zero-order valence-corrected chi connectivity index (χ0v) is 45.2.